The smallest absolute Gasteiger partial charge is 0.388 e. The Labute approximate surface area is 132 Å². The maximum atomic E-state index is 14.5. The summed E-state index contributed by atoms with van der Waals surface area (Å²) >= 11 is 0. The lowest BCUT2D eigenvalue weighted by atomic mass is 10.1. The second kappa shape index (κ2) is 5.57. The molecule has 7 nitrogen and oxygen atoms in total. The third kappa shape index (κ3) is 2.91. The van der Waals surface area contributed by atoms with Gasteiger partial charge < -0.3 is 9.57 Å². The minimum atomic E-state index is -5.56. The normalized spacial score (nSPS) is 17.8. The van der Waals surface area contributed by atoms with Crippen molar-refractivity contribution in [2.24, 2.45) is 12.2 Å². The monoisotopic (exact) mass is 377 g/mol. The molecule has 0 bridgehead atoms. The van der Waals surface area contributed by atoms with E-state index in [0.717, 1.165) is 7.05 Å². The molecule has 136 valence electrons. The fraction of sp³-hybridized carbons (Fsp3) is 0.636. The molecular weight excluding hydrogens is 365 g/mol. The summed E-state index contributed by atoms with van der Waals surface area (Å²) in [7, 11) is -4.72. The molecule has 1 aliphatic heterocycles. The van der Waals surface area contributed by atoms with Gasteiger partial charge in [-0.25, -0.2) is 13.1 Å². The molecule has 0 spiro atoms. The van der Waals surface area contributed by atoms with Crippen molar-refractivity contribution in [3.63, 3.8) is 0 Å². The van der Waals surface area contributed by atoms with E-state index >= 15 is 0 Å². The molecule has 0 N–H and O–H groups in total. The number of hydrogen-bond acceptors (Lipinski definition) is 6. The Kier molecular flexibility index (Phi) is 4.27. The van der Waals surface area contributed by atoms with E-state index in [1.165, 1.54) is 13.8 Å². The molecule has 0 aromatic carbocycles. The first-order valence-electron chi connectivity index (χ1n) is 6.35. The Morgan fingerprint density at radius 1 is 1.38 bits per heavy atom. The summed E-state index contributed by atoms with van der Waals surface area (Å²) in [6.07, 6.45) is -0.502. The highest BCUT2D eigenvalue weighted by Gasteiger charge is 2.57. The first-order valence-corrected chi connectivity index (χ1v) is 7.83. The maximum Gasteiger partial charge on any atom is 0.388 e. The van der Waals surface area contributed by atoms with Crippen LogP contribution in [-0.4, -0.2) is 35.5 Å². The van der Waals surface area contributed by atoms with Gasteiger partial charge in [-0.3, -0.25) is 0 Å². The van der Waals surface area contributed by atoms with Crippen LogP contribution < -0.4 is 4.74 Å². The lowest BCUT2D eigenvalue weighted by Crippen LogP contribution is -2.34. The largest absolute Gasteiger partial charge is 0.416 e. The average Bonchev–Trinajstić information content (AvgIpc) is 2.89. The standard InChI is InChI=1S/C11H12F5N3O4S/c1-10(2)4-5(18-23-10)24(20,21)11(15,16)6-7(12)17-19(3)8(6)22-9(13)14/h9H,4H2,1-3H3. The van der Waals surface area contributed by atoms with Crippen molar-refractivity contribution in [2.45, 2.75) is 37.7 Å². The van der Waals surface area contributed by atoms with Gasteiger partial charge in [-0.15, -0.1) is 5.10 Å². The van der Waals surface area contributed by atoms with Crippen molar-refractivity contribution in [1.29, 1.82) is 0 Å². The zero-order valence-corrected chi connectivity index (χ0v) is 13.4. The van der Waals surface area contributed by atoms with E-state index in [9.17, 15) is 30.4 Å². The molecule has 0 aliphatic carbocycles. The number of sulfone groups is 1. The zero-order valence-electron chi connectivity index (χ0n) is 12.6. The Balaban J connectivity index is 2.55. The molecule has 24 heavy (non-hydrogen) atoms. The van der Waals surface area contributed by atoms with Gasteiger partial charge in [0.1, 0.15) is 5.60 Å². The molecule has 1 aromatic heterocycles. The van der Waals surface area contributed by atoms with E-state index in [4.69, 9.17) is 4.84 Å². The fourth-order valence-electron chi connectivity index (χ4n) is 1.97. The molecule has 0 radical (unpaired) electrons. The van der Waals surface area contributed by atoms with Gasteiger partial charge in [-0.2, -0.15) is 22.0 Å². The first kappa shape index (κ1) is 18.4. The van der Waals surface area contributed by atoms with E-state index < -0.39 is 56.2 Å². The van der Waals surface area contributed by atoms with E-state index in [1.807, 2.05) is 0 Å². The highest BCUT2D eigenvalue weighted by atomic mass is 32.2. The average molecular weight is 377 g/mol. The van der Waals surface area contributed by atoms with Gasteiger partial charge in [0.05, 0.1) is 0 Å². The molecule has 2 rings (SSSR count). The summed E-state index contributed by atoms with van der Waals surface area (Å²) < 4.78 is 95.7. The van der Waals surface area contributed by atoms with E-state index in [1.54, 1.807) is 0 Å². The summed E-state index contributed by atoms with van der Waals surface area (Å²) in [6.45, 7) is -0.802. The number of hydrogen-bond donors (Lipinski definition) is 0. The van der Waals surface area contributed by atoms with Gasteiger partial charge in [0, 0.05) is 13.5 Å². The van der Waals surface area contributed by atoms with Crippen LogP contribution in [-0.2, 0) is 27.0 Å². The number of aryl methyl sites for hydroxylation is 1. The molecule has 0 saturated heterocycles. The van der Waals surface area contributed by atoms with Crippen LogP contribution in [0.2, 0.25) is 0 Å². The number of oxime groups is 1. The van der Waals surface area contributed by atoms with Crippen molar-refractivity contribution >= 4 is 14.9 Å². The number of halogens is 5. The summed E-state index contributed by atoms with van der Waals surface area (Å²) in [6, 6.07) is 0. The second-order valence-corrected chi connectivity index (χ2v) is 7.50. The van der Waals surface area contributed by atoms with Crippen molar-refractivity contribution in [3.05, 3.63) is 11.5 Å². The molecule has 0 unspecified atom stereocenters. The lowest BCUT2D eigenvalue weighted by molar-refractivity contribution is -0.0584. The Bertz CT molecular complexity index is 788. The highest BCUT2D eigenvalue weighted by Crippen LogP contribution is 2.44. The number of alkyl halides is 4. The molecule has 0 saturated carbocycles. The van der Waals surface area contributed by atoms with Gasteiger partial charge in [-0.1, -0.05) is 5.16 Å². The van der Waals surface area contributed by atoms with Crippen LogP contribution in [0.4, 0.5) is 22.0 Å². The summed E-state index contributed by atoms with van der Waals surface area (Å²) in [4.78, 5) is 4.71. The summed E-state index contributed by atoms with van der Waals surface area (Å²) in [5, 5.41) is -0.0202. The molecule has 13 heteroatoms. The fourth-order valence-corrected chi connectivity index (χ4v) is 3.38. The quantitative estimate of drug-likeness (QED) is 0.751. The molecule has 1 aromatic rings. The van der Waals surface area contributed by atoms with Crippen LogP contribution in [0.15, 0.2) is 5.16 Å². The predicted molar refractivity (Wildman–Crippen MR) is 69.8 cm³/mol. The van der Waals surface area contributed by atoms with Crippen molar-refractivity contribution in [3.8, 4) is 5.88 Å². The maximum absolute atomic E-state index is 14.5. The van der Waals surface area contributed by atoms with Crippen LogP contribution in [0.1, 0.15) is 25.8 Å². The van der Waals surface area contributed by atoms with Crippen LogP contribution >= 0.6 is 0 Å². The molecule has 0 atom stereocenters. The van der Waals surface area contributed by atoms with E-state index in [2.05, 4.69) is 15.0 Å². The van der Waals surface area contributed by atoms with E-state index in [-0.39, 0.29) is 4.68 Å². The van der Waals surface area contributed by atoms with Gasteiger partial charge in [-0.05, 0) is 13.8 Å². The minimum Gasteiger partial charge on any atom is -0.416 e. The molecular formula is C11H12F5N3O4S. The van der Waals surface area contributed by atoms with Crippen LogP contribution in [0, 0.1) is 5.95 Å². The Hall–Kier alpha value is -1.92. The first-order chi connectivity index (χ1) is 10.8. The number of rotatable bonds is 4. The van der Waals surface area contributed by atoms with Crippen LogP contribution in [0.3, 0.4) is 0 Å². The third-order valence-corrected chi connectivity index (χ3v) is 4.78. The topological polar surface area (TPSA) is 82.8 Å². The van der Waals surface area contributed by atoms with Crippen LogP contribution in [0.5, 0.6) is 5.88 Å². The van der Waals surface area contributed by atoms with Gasteiger partial charge in [0.15, 0.2) is 10.6 Å². The molecule has 0 amide bonds. The van der Waals surface area contributed by atoms with Gasteiger partial charge in [0.25, 0.3) is 9.84 Å². The van der Waals surface area contributed by atoms with Gasteiger partial charge in [0.2, 0.25) is 11.8 Å². The molecule has 1 aliphatic rings. The molecule has 2 heterocycles. The summed E-state index contributed by atoms with van der Waals surface area (Å²) in [5.74, 6) is -3.37. The lowest BCUT2D eigenvalue weighted by Gasteiger charge is -2.18. The minimum absolute atomic E-state index is 0.247. The van der Waals surface area contributed by atoms with Crippen molar-refractivity contribution in [2.75, 3.05) is 0 Å². The van der Waals surface area contributed by atoms with Crippen molar-refractivity contribution < 1.29 is 39.9 Å². The summed E-state index contributed by atoms with van der Waals surface area (Å²) in [5.41, 5.74) is -3.08. The molecule has 0 fully saturated rings. The number of nitrogens with zero attached hydrogens (tertiary/aromatic N) is 3. The second-order valence-electron chi connectivity index (χ2n) is 5.51. The Morgan fingerprint density at radius 2 is 1.96 bits per heavy atom. The predicted octanol–water partition coefficient (Wildman–Crippen LogP) is 2.14. The highest BCUT2D eigenvalue weighted by molar-refractivity contribution is 8.06. The van der Waals surface area contributed by atoms with Gasteiger partial charge >= 0.3 is 11.9 Å². The third-order valence-electron chi connectivity index (χ3n) is 3.06. The van der Waals surface area contributed by atoms with Crippen LogP contribution in [0.25, 0.3) is 0 Å². The van der Waals surface area contributed by atoms with E-state index in [0.29, 0.717) is 0 Å². The number of aromatic nitrogens is 2. The SMILES string of the molecule is Cn1nc(F)c(C(F)(F)S(=O)(=O)C2=NOC(C)(C)C2)c1OC(F)F. The zero-order chi connectivity index (χ0) is 18.5. The Morgan fingerprint density at radius 3 is 2.42 bits per heavy atom. The number of ether oxygens (including phenoxy) is 1. The van der Waals surface area contributed by atoms with Crippen molar-refractivity contribution in [1.82, 2.24) is 9.78 Å².